The first kappa shape index (κ1) is 16.5. The highest BCUT2D eigenvalue weighted by molar-refractivity contribution is 6.01. The summed E-state index contributed by atoms with van der Waals surface area (Å²) in [5.41, 5.74) is 0.127. The number of carbonyl (C=O) groups is 2. The summed E-state index contributed by atoms with van der Waals surface area (Å²) in [4.78, 5) is 23.5. The molecular formula is C15H15FO5. The van der Waals surface area contributed by atoms with Gasteiger partial charge in [-0.15, -0.1) is 5.92 Å². The van der Waals surface area contributed by atoms with Gasteiger partial charge in [-0.1, -0.05) is 5.92 Å². The maximum Gasteiger partial charge on any atom is 0.324 e. The Hall–Kier alpha value is -2.55. The Labute approximate surface area is 122 Å². The predicted molar refractivity (Wildman–Crippen MR) is 72.3 cm³/mol. The van der Waals surface area contributed by atoms with Crippen LogP contribution in [0.15, 0.2) is 12.1 Å². The van der Waals surface area contributed by atoms with Gasteiger partial charge in [-0.2, -0.15) is 0 Å². The van der Waals surface area contributed by atoms with Crippen LogP contribution in [0.3, 0.4) is 0 Å². The first-order chi connectivity index (χ1) is 9.99. The number of esters is 2. The zero-order chi connectivity index (χ0) is 16.0. The SMILES string of the molecule is CC#Cc1cc(F)c(C(C(=O)OC)C(=O)OC)c(OC)c1. The van der Waals surface area contributed by atoms with Crippen LogP contribution in [0.1, 0.15) is 24.0 Å². The molecule has 0 amide bonds. The summed E-state index contributed by atoms with van der Waals surface area (Å²) in [6.45, 7) is 1.60. The number of hydrogen-bond donors (Lipinski definition) is 0. The van der Waals surface area contributed by atoms with Crippen LogP contribution in [0.4, 0.5) is 4.39 Å². The Morgan fingerprint density at radius 1 is 1.14 bits per heavy atom. The first-order valence-electron chi connectivity index (χ1n) is 5.96. The largest absolute Gasteiger partial charge is 0.496 e. The molecule has 0 aliphatic heterocycles. The second-order valence-electron chi connectivity index (χ2n) is 3.93. The van der Waals surface area contributed by atoms with Crippen molar-refractivity contribution in [2.24, 2.45) is 0 Å². The highest BCUT2D eigenvalue weighted by atomic mass is 19.1. The van der Waals surface area contributed by atoms with Gasteiger partial charge in [0.05, 0.1) is 26.9 Å². The van der Waals surface area contributed by atoms with Crippen molar-refractivity contribution < 1.29 is 28.2 Å². The summed E-state index contributed by atoms with van der Waals surface area (Å²) in [5.74, 6) is 1.09. The van der Waals surface area contributed by atoms with Gasteiger partial charge in [0.25, 0.3) is 0 Å². The number of benzene rings is 1. The van der Waals surface area contributed by atoms with E-state index in [1.165, 1.54) is 13.2 Å². The van der Waals surface area contributed by atoms with Crippen LogP contribution < -0.4 is 4.74 Å². The van der Waals surface area contributed by atoms with Gasteiger partial charge < -0.3 is 14.2 Å². The Morgan fingerprint density at radius 2 is 1.71 bits per heavy atom. The molecular weight excluding hydrogens is 279 g/mol. The van der Waals surface area contributed by atoms with E-state index in [1.807, 2.05) is 0 Å². The third kappa shape index (κ3) is 3.51. The molecule has 0 spiro atoms. The zero-order valence-electron chi connectivity index (χ0n) is 12.2. The van der Waals surface area contributed by atoms with Crippen molar-refractivity contribution in [3.8, 4) is 17.6 Å². The van der Waals surface area contributed by atoms with Gasteiger partial charge in [-0.05, 0) is 19.1 Å². The van der Waals surface area contributed by atoms with Crippen LogP contribution >= 0.6 is 0 Å². The van der Waals surface area contributed by atoms with Crippen LogP contribution in [-0.4, -0.2) is 33.3 Å². The average Bonchev–Trinajstić information content (AvgIpc) is 2.48. The number of hydrogen-bond acceptors (Lipinski definition) is 5. The fourth-order valence-corrected chi connectivity index (χ4v) is 1.83. The molecule has 0 saturated carbocycles. The summed E-state index contributed by atoms with van der Waals surface area (Å²) in [6.07, 6.45) is 0. The Kier molecular flexibility index (Phi) is 5.73. The summed E-state index contributed by atoms with van der Waals surface area (Å²) in [6, 6.07) is 2.56. The fourth-order valence-electron chi connectivity index (χ4n) is 1.83. The molecule has 0 bridgehead atoms. The van der Waals surface area contributed by atoms with Gasteiger partial charge in [-0.25, -0.2) is 4.39 Å². The van der Waals surface area contributed by atoms with Gasteiger partial charge in [0.1, 0.15) is 11.6 Å². The molecule has 112 valence electrons. The second-order valence-corrected chi connectivity index (χ2v) is 3.93. The van der Waals surface area contributed by atoms with E-state index in [0.717, 1.165) is 20.3 Å². The lowest BCUT2D eigenvalue weighted by molar-refractivity contribution is -0.154. The van der Waals surface area contributed by atoms with E-state index < -0.39 is 23.7 Å². The Bertz CT molecular complexity index is 596. The molecule has 0 saturated heterocycles. The van der Waals surface area contributed by atoms with E-state index >= 15 is 0 Å². The molecule has 0 aliphatic rings. The van der Waals surface area contributed by atoms with E-state index in [-0.39, 0.29) is 11.3 Å². The quantitative estimate of drug-likeness (QED) is 0.480. The summed E-state index contributed by atoms with van der Waals surface area (Å²) in [5, 5.41) is 0. The number of ether oxygens (including phenoxy) is 3. The average molecular weight is 294 g/mol. The highest BCUT2D eigenvalue weighted by Crippen LogP contribution is 2.32. The lowest BCUT2D eigenvalue weighted by atomic mass is 9.96. The molecule has 1 rings (SSSR count). The monoisotopic (exact) mass is 294 g/mol. The van der Waals surface area contributed by atoms with E-state index in [4.69, 9.17) is 4.74 Å². The van der Waals surface area contributed by atoms with E-state index in [2.05, 4.69) is 21.3 Å². The molecule has 21 heavy (non-hydrogen) atoms. The number of methoxy groups -OCH3 is 3. The van der Waals surface area contributed by atoms with Gasteiger partial charge in [-0.3, -0.25) is 9.59 Å². The molecule has 5 nitrogen and oxygen atoms in total. The molecule has 1 aromatic rings. The van der Waals surface area contributed by atoms with Crippen molar-refractivity contribution in [1.29, 1.82) is 0 Å². The van der Waals surface area contributed by atoms with Crippen molar-refractivity contribution in [3.63, 3.8) is 0 Å². The van der Waals surface area contributed by atoms with Crippen molar-refractivity contribution in [3.05, 3.63) is 29.1 Å². The van der Waals surface area contributed by atoms with Crippen LogP contribution in [0.2, 0.25) is 0 Å². The van der Waals surface area contributed by atoms with Crippen LogP contribution in [0.25, 0.3) is 0 Å². The first-order valence-corrected chi connectivity index (χ1v) is 5.96. The Morgan fingerprint density at radius 3 is 2.14 bits per heavy atom. The third-order valence-corrected chi connectivity index (χ3v) is 2.74. The van der Waals surface area contributed by atoms with E-state index in [0.29, 0.717) is 5.56 Å². The van der Waals surface area contributed by atoms with Crippen LogP contribution in [-0.2, 0) is 19.1 Å². The Balaban J connectivity index is 3.52. The molecule has 0 aromatic heterocycles. The fraction of sp³-hybridized carbons (Fsp3) is 0.333. The highest BCUT2D eigenvalue weighted by Gasteiger charge is 2.36. The van der Waals surface area contributed by atoms with Crippen LogP contribution in [0.5, 0.6) is 5.75 Å². The molecule has 0 radical (unpaired) electrons. The van der Waals surface area contributed by atoms with Gasteiger partial charge in [0.2, 0.25) is 0 Å². The minimum Gasteiger partial charge on any atom is -0.496 e. The van der Waals surface area contributed by atoms with E-state index in [9.17, 15) is 14.0 Å². The smallest absolute Gasteiger partial charge is 0.324 e. The molecule has 1 aromatic carbocycles. The summed E-state index contributed by atoms with van der Waals surface area (Å²) in [7, 11) is 3.49. The minimum absolute atomic E-state index is 0.0218. The number of halogens is 1. The maximum absolute atomic E-state index is 14.3. The molecule has 0 atom stereocenters. The van der Waals surface area contributed by atoms with Crippen molar-refractivity contribution in [2.45, 2.75) is 12.8 Å². The standard InChI is InChI=1S/C15H15FO5/c1-5-6-9-7-10(16)12(11(8-9)19-2)13(14(17)20-3)15(18)21-4/h7-8,13H,1-4H3. The lowest BCUT2D eigenvalue weighted by Gasteiger charge is -2.17. The van der Waals surface area contributed by atoms with Crippen molar-refractivity contribution in [2.75, 3.05) is 21.3 Å². The van der Waals surface area contributed by atoms with Gasteiger partial charge in [0, 0.05) is 5.56 Å². The molecule has 0 fully saturated rings. The molecule has 0 unspecified atom stereocenters. The number of carbonyl (C=O) groups excluding carboxylic acids is 2. The van der Waals surface area contributed by atoms with E-state index in [1.54, 1.807) is 6.92 Å². The normalized spacial score (nSPS) is 9.62. The van der Waals surface area contributed by atoms with Gasteiger partial charge >= 0.3 is 11.9 Å². The minimum atomic E-state index is -1.56. The maximum atomic E-state index is 14.3. The summed E-state index contributed by atoms with van der Waals surface area (Å²) < 4.78 is 28.4. The number of rotatable bonds is 4. The molecule has 0 aliphatic carbocycles. The summed E-state index contributed by atoms with van der Waals surface area (Å²) >= 11 is 0. The topological polar surface area (TPSA) is 61.8 Å². The second kappa shape index (κ2) is 7.29. The molecule has 0 N–H and O–H groups in total. The van der Waals surface area contributed by atoms with Gasteiger partial charge in [0.15, 0.2) is 5.92 Å². The van der Waals surface area contributed by atoms with Crippen molar-refractivity contribution >= 4 is 11.9 Å². The molecule has 6 heteroatoms. The zero-order valence-corrected chi connectivity index (χ0v) is 12.2. The predicted octanol–water partition coefficient (Wildman–Crippen LogP) is 1.64. The molecule has 0 heterocycles. The lowest BCUT2D eigenvalue weighted by Crippen LogP contribution is -2.26. The third-order valence-electron chi connectivity index (χ3n) is 2.74. The van der Waals surface area contributed by atoms with Crippen molar-refractivity contribution in [1.82, 2.24) is 0 Å². The van der Waals surface area contributed by atoms with Crippen LogP contribution in [0, 0.1) is 17.7 Å².